The minimum absolute atomic E-state index is 0.764. The van der Waals surface area contributed by atoms with Gasteiger partial charge in [-0.15, -0.1) is 0 Å². The van der Waals surface area contributed by atoms with Crippen molar-refractivity contribution in [2.75, 3.05) is 7.11 Å². The lowest BCUT2D eigenvalue weighted by Crippen LogP contribution is -2.09. The normalized spacial score (nSPS) is 10.5. The third-order valence-corrected chi connectivity index (χ3v) is 5.14. The fourth-order valence-corrected chi connectivity index (χ4v) is 3.56. The van der Waals surface area contributed by atoms with Crippen LogP contribution in [0.5, 0.6) is 5.75 Å². The fraction of sp³-hybridized carbons (Fsp3) is 0.0476. The van der Waals surface area contributed by atoms with Gasteiger partial charge in [0.25, 0.3) is 0 Å². The van der Waals surface area contributed by atoms with Gasteiger partial charge in [0.1, 0.15) is 5.75 Å². The maximum Gasteiger partial charge on any atom is 0.416 e. The molecule has 3 heteroatoms. The highest BCUT2D eigenvalue weighted by Gasteiger charge is 2.25. The van der Waals surface area contributed by atoms with E-state index in [1.807, 2.05) is 78.9 Å². The molecule has 0 aliphatic carbocycles. The summed E-state index contributed by atoms with van der Waals surface area (Å²) in [5.41, 5.74) is 1.68. The Bertz CT molecular complexity index is 904. The Labute approximate surface area is 142 Å². The SMILES string of the molecule is COc1ccc(C#Cc2ccccc2[P+](=O)c2ccccc2)cc1. The highest BCUT2D eigenvalue weighted by molar-refractivity contribution is 7.61. The van der Waals surface area contributed by atoms with Crippen LogP contribution in [-0.2, 0) is 4.57 Å². The van der Waals surface area contributed by atoms with E-state index >= 15 is 0 Å². The van der Waals surface area contributed by atoms with Gasteiger partial charge in [-0.1, -0.05) is 46.7 Å². The Morgan fingerprint density at radius 3 is 2.17 bits per heavy atom. The third-order valence-electron chi connectivity index (χ3n) is 3.55. The lowest BCUT2D eigenvalue weighted by atomic mass is 10.2. The molecule has 3 aromatic rings. The summed E-state index contributed by atoms with van der Waals surface area (Å²) in [4.78, 5) is 0. The zero-order chi connectivity index (χ0) is 16.8. The molecule has 0 N–H and O–H groups in total. The van der Waals surface area contributed by atoms with Gasteiger partial charge < -0.3 is 4.74 Å². The van der Waals surface area contributed by atoms with E-state index < -0.39 is 7.80 Å². The van der Waals surface area contributed by atoms with E-state index in [0.717, 1.165) is 27.5 Å². The average Bonchev–Trinajstić information content (AvgIpc) is 2.67. The van der Waals surface area contributed by atoms with Crippen molar-refractivity contribution in [1.29, 1.82) is 0 Å². The first kappa shape index (κ1) is 16.0. The predicted molar refractivity (Wildman–Crippen MR) is 98.7 cm³/mol. The number of hydrogen-bond donors (Lipinski definition) is 0. The van der Waals surface area contributed by atoms with E-state index in [-0.39, 0.29) is 0 Å². The third kappa shape index (κ3) is 3.71. The molecule has 3 rings (SSSR count). The Balaban J connectivity index is 1.93. The lowest BCUT2D eigenvalue weighted by Gasteiger charge is -1.97. The van der Waals surface area contributed by atoms with E-state index in [0.29, 0.717) is 0 Å². The molecule has 0 aliphatic rings. The zero-order valence-electron chi connectivity index (χ0n) is 13.3. The van der Waals surface area contributed by atoms with Gasteiger partial charge >= 0.3 is 7.80 Å². The lowest BCUT2D eigenvalue weighted by molar-refractivity contribution is 0.415. The fourth-order valence-electron chi connectivity index (χ4n) is 2.27. The monoisotopic (exact) mass is 331 g/mol. The van der Waals surface area contributed by atoms with E-state index in [4.69, 9.17) is 4.74 Å². The molecule has 116 valence electrons. The van der Waals surface area contributed by atoms with E-state index in [1.165, 1.54) is 0 Å². The summed E-state index contributed by atoms with van der Waals surface area (Å²) in [6, 6.07) is 24.6. The van der Waals surface area contributed by atoms with Crippen LogP contribution in [0.2, 0.25) is 0 Å². The van der Waals surface area contributed by atoms with Crippen molar-refractivity contribution in [1.82, 2.24) is 0 Å². The number of ether oxygens (including phenoxy) is 1. The number of methoxy groups -OCH3 is 1. The molecule has 1 atom stereocenters. The van der Waals surface area contributed by atoms with Crippen LogP contribution in [0.1, 0.15) is 11.1 Å². The van der Waals surface area contributed by atoms with Crippen LogP contribution in [0.4, 0.5) is 0 Å². The standard InChI is InChI=1S/C21H16O2P/c1-23-19-15-12-17(13-16-19)11-14-18-7-5-6-10-21(18)24(22)20-8-3-2-4-9-20/h2-10,12-13,15-16H,1H3/q+1. The average molecular weight is 331 g/mol. The molecule has 0 aromatic heterocycles. The van der Waals surface area contributed by atoms with Crippen molar-refractivity contribution in [2.45, 2.75) is 0 Å². The predicted octanol–water partition coefficient (Wildman–Crippen LogP) is 3.87. The van der Waals surface area contributed by atoms with Crippen molar-refractivity contribution < 1.29 is 9.30 Å². The second kappa shape index (κ2) is 7.59. The topological polar surface area (TPSA) is 26.3 Å². The molecule has 0 fully saturated rings. The summed E-state index contributed by atoms with van der Waals surface area (Å²) in [6.45, 7) is 0. The maximum atomic E-state index is 12.8. The number of benzene rings is 3. The van der Waals surface area contributed by atoms with Crippen LogP contribution in [-0.4, -0.2) is 7.11 Å². The molecule has 24 heavy (non-hydrogen) atoms. The number of hydrogen-bond acceptors (Lipinski definition) is 2. The van der Waals surface area contributed by atoms with Crippen LogP contribution in [0.15, 0.2) is 78.9 Å². The summed E-state index contributed by atoms with van der Waals surface area (Å²) in [5.74, 6) is 7.07. The van der Waals surface area contributed by atoms with E-state index in [2.05, 4.69) is 11.8 Å². The highest BCUT2D eigenvalue weighted by Crippen LogP contribution is 2.21. The molecule has 0 spiro atoms. The van der Waals surface area contributed by atoms with Crippen molar-refractivity contribution >= 4 is 18.4 Å². The van der Waals surface area contributed by atoms with Gasteiger partial charge in [-0.2, -0.15) is 0 Å². The van der Waals surface area contributed by atoms with E-state index in [9.17, 15) is 4.57 Å². The molecular weight excluding hydrogens is 315 g/mol. The van der Waals surface area contributed by atoms with Gasteiger partial charge in [0.2, 0.25) is 5.30 Å². The summed E-state index contributed by atoms with van der Waals surface area (Å²) < 4.78 is 18.0. The molecule has 3 aromatic carbocycles. The van der Waals surface area contributed by atoms with Gasteiger partial charge in [-0.05, 0) is 48.5 Å². The van der Waals surface area contributed by atoms with Gasteiger partial charge in [0.05, 0.1) is 12.7 Å². The molecule has 0 saturated carbocycles. The maximum absolute atomic E-state index is 12.8. The molecule has 0 amide bonds. The largest absolute Gasteiger partial charge is 0.497 e. The van der Waals surface area contributed by atoms with Crippen LogP contribution in [0.25, 0.3) is 0 Å². The Morgan fingerprint density at radius 2 is 1.46 bits per heavy atom. The minimum Gasteiger partial charge on any atom is -0.497 e. The molecule has 0 bridgehead atoms. The Morgan fingerprint density at radius 1 is 0.792 bits per heavy atom. The Kier molecular flexibility index (Phi) is 5.06. The first-order valence-corrected chi connectivity index (χ1v) is 8.81. The first-order valence-electron chi connectivity index (χ1n) is 7.55. The van der Waals surface area contributed by atoms with Crippen molar-refractivity contribution in [3.63, 3.8) is 0 Å². The van der Waals surface area contributed by atoms with Crippen LogP contribution >= 0.6 is 7.80 Å². The highest BCUT2D eigenvalue weighted by atomic mass is 31.1. The second-order valence-electron chi connectivity index (χ2n) is 5.13. The van der Waals surface area contributed by atoms with Gasteiger partial charge in [-0.3, -0.25) is 0 Å². The van der Waals surface area contributed by atoms with Crippen LogP contribution < -0.4 is 15.3 Å². The molecule has 0 saturated heterocycles. The second-order valence-corrected chi connectivity index (χ2v) is 6.71. The molecule has 0 aliphatic heterocycles. The van der Waals surface area contributed by atoms with Gasteiger partial charge in [-0.25, -0.2) is 0 Å². The molecule has 0 radical (unpaired) electrons. The number of rotatable bonds is 3. The zero-order valence-corrected chi connectivity index (χ0v) is 14.2. The summed E-state index contributed by atoms with van der Waals surface area (Å²) in [6.07, 6.45) is 0. The van der Waals surface area contributed by atoms with Crippen molar-refractivity contribution in [3.05, 3.63) is 90.0 Å². The molecule has 2 nitrogen and oxygen atoms in total. The summed E-state index contributed by atoms with van der Waals surface area (Å²) in [7, 11) is -0.0163. The minimum atomic E-state index is -1.65. The summed E-state index contributed by atoms with van der Waals surface area (Å²) >= 11 is 0. The van der Waals surface area contributed by atoms with Crippen LogP contribution in [0, 0.1) is 11.8 Å². The van der Waals surface area contributed by atoms with Crippen molar-refractivity contribution in [2.24, 2.45) is 0 Å². The summed E-state index contributed by atoms with van der Waals surface area (Å²) in [5, 5.41) is 1.57. The molecular formula is C21H16O2P+. The van der Waals surface area contributed by atoms with Gasteiger partial charge in [0, 0.05) is 5.56 Å². The quantitative estimate of drug-likeness (QED) is 0.538. The van der Waals surface area contributed by atoms with E-state index in [1.54, 1.807) is 7.11 Å². The Hall–Kier alpha value is -2.88. The van der Waals surface area contributed by atoms with Gasteiger partial charge in [0.15, 0.2) is 5.30 Å². The van der Waals surface area contributed by atoms with Crippen LogP contribution in [0.3, 0.4) is 0 Å². The molecule has 1 unspecified atom stereocenters. The smallest absolute Gasteiger partial charge is 0.416 e. The first-order chi connectivity index (χ1) is 11.8. The molecule has 0 heterocycles. The van der Waals surface area contributed by atoms with Crippen molar-refractivity contribution in [3.8, 4) is 17.6 Å².